The fourth-order valence-corrected chi connectivity index (χ4v) is 2.94. The summed E-state index contributed by atoms with van der Waals surface area (Å²) >= 11 is 0. The molecule has 0 spiro atoms. The van der Waals surface area contributed by atoms with Gasteiger partial charge in [0.25, 0.3) is 5.91 Å². The molecule has 0 N–H and O–H groups in total. The lowest BCUT2D eigenvalue weighted by atomic mass is 10.2. The van der Waals surface area contributed by atoms with Crippen LogP contribution in [0.5, 0.6) is 5.75 Å². The number of anilines is 1. The van der Waals surface area contributed by atoms with Crippen LogP contribution < -0.4 is 9.64 Å². The summed E-state index contributed by atoms with van der Waals surface area (Å²) in [5.74, 6) is 1.65. The molecule has 126 valence electrons. The van der Waals surface area contributed by atoms with Gasteiger partial charge in [0.05, 0.1) is 0 Å². The number of ether oxygens (including phenoxy) is 1. The highest BCUT2D eigenvalue weighted by atomic mass is 16.5. The number of nitrogens with zero attached hydrogens (tertiary/aromatic N) is 3. The maximum atomic E-state index is 12.4. The van der Waals surface area contributed by atoms with E-state index in [2.05, 4.69) is 16.2 Å². The molecule has 1 amide bonds. The van der Waals surface area contributed by atoms with Gasteiger partial charge < -0.3 is 14.2 Å². The van der Waals surface area contributed by atoms with Crippen molar-refractivity contribution < 1.29 is 14.1 Å². The van der Waals surface area contributed by atoms with E-state index in [1.54, 1.807) is 24.0 Å². The average molecular weight is 335 g/mol. The Hall–Kier alpha value is -3.15. The molecular formula is C19H17N3O3. The summed E-state index contributed by atoms with van der Waals surface area (Å²) in [6, 6.07) is 15.3. The number of rotatable bonds is 4. The minimum atomic E-state index is -0.0391. The minimum Gasteiger partial charge on any atom is -0.484 e. The van der Waals surface area contributed by atoms with Crippen molar-refractivity contribution >= 4 is 11.6 Å². The molecule has 1 aliphatic heterocycles. The van der Waals surface area contributed by atoms with Crippen LogP contribution in [0.4, 0.5) is 5.69 Å². The van der Waals surface area contributed by atoms with Crippen LogP contribution in [0.3, 0.4) is 0 Å². The third kappa shape index (κ3) is 3.10. The van der Waals surface area contributed by atoms with Crippen LogP contribution >= 0.6 is 0 Å². The number of carbonyl (C=O) groups is 1. The zero-order valence-corrected chi connectivity index (χ0v) is 13.8. The van der Waals surface area contributed by atoms with E-state index in [4.69, 9.17) is 9.26 Å². The van der Waals surface area contributed by atoms with Gasteiger partial charge in [0.15, 0.2) is 6.61 Å². The van der Waals surface area contributed by atoms with Crippen molar-refractivity contribution in [1.29, 1.82) is 0 Å². The quantitative estimate of drug-likeness (QED) is 0.733. The largest absolute Gasteiger partial charge is 0.484 e. The summed E-state index contributed by atoms with van der Waals surface area (Å²) in [7, 11) is 0. The Balaban J connectivity index is 1.39. The van der Waals surface area contributed by atoms with Gasteiger partial charge in [-0.2, -0.15) is 4.98 Å². The van der Waals surface area contributed by atoms with Crippen LogP contribution in [0.1, 0.15) is 11.5 Å². The first-order valence-corrected chi connectivity index (χ1v) is 8.12. The molecule has 4 rings (SSSR count). The van der Waals surface area contributed by atoms with Gasteiger partial charge in [0.1, 0.15) is 5.75 Å². The van der Waals surface area contributed by atoms with Crippen molar-refractivity contribution in [2.45, 2.75) is 13.3 Å². The number of carbonyl (C=O) groups excluding carboxylic acids is 1. The lowest BCUT2D eigenvalue weighted by molar-refractivity contribution is -0.120. The van der Waals surface area contributed by atoms with Crippen LogP contribution in [-0.4, -0.2) is 29.2 Å². The highest BCUT2D eigenvalue weighted by molar-refractivity contribution is 5.96. The molecule has 0 bridgehead atoms. The van der Waals surface area contributed by atoms with Gasteiger partial charge in [-0.3, -0.25) is 4.79 Å². The Kier molecular flexibility index (Phi) is 3.93. The molecule has 6 nitrogen and oxygen atoms in total. The SMILES string of the molecule is Cc1nc(-c2ccc(OCC(=O)N3CCc4ccccc43)cc2)no1. The number of fused-ring (bicyclic) bond motifs is 1. The Labute approximate surface area is 145 Å². The molecule has 6 heteroatoms. The first-order chi connectivity index (χ1) is 12.2. The van der Waals surface area contributed by atoms with E-state index in [9.17, 15) is 4.79 Å². The molecule has 0 fully saturated rings. The minimum absolute atomic E-state index is 0.00893. The molecule has 0 atom stereocenters. The molecule has 3 aromatic rings. The van der Waals surface area contributed by atoms with Crippen LogP contribution in [0, 0.1) is 6.92 Å². The molecule has 0 radical (unpaired) electrons. The molecule has 0 unspecified atom stereocenters. The van der Waals surface area contributed by atoms with Gasteiger partial charge in [0, 0.05) is 24.7 Å². The molecule has 2 aromatic carbocycles. The van der Waals surface area contributed by atoms with Crippen molar-refractivity contribution in [3.63, 3.8) is 0 Å². The number of hydrogen-bond donors (Lipinski definition) is 0. The zero-order chi connectivity index (χ0) is 17.2. The van der Waals surface area contributed by atoms with Crippen molar-refractivity contribution in [2.24, 2.45) is 0 Å². The Morgan fingerprint density at radius 2 is 2.00 bits per heavy atom. The number of aromatic nitrogens is 2. The molecule has 2 heterocycles. The summed E-state index contributed by atoms with van der Waals surface area (Å²) in [4.78, 5) is 18.4. The van der Waals surface area contributed by atoms with E-state index in [-0.39, 0.29) is 12.5 Å². The zero-order valence-electron chi connectivity index (χ0n) is 13.8. The smallest absolute Gasteiger partial charge is 0.264 e. The average Bonchev–Trinajstić information content (AvgIpc) is 3.26. The molecular weight excluding hydrogens is 318 g/mol. The Morgan fingerprint density at radius 1 is 1.20 bits per heavy atom. The predicted molar refractivity (Wildman–Crippen MR) is 92.5 cm³/mol. The summed E-state index contributed by atoms with van der Waals surface area (Å²) in [5, 5.41) is 3.88. The summed E-state index contributed by atoms with van der Waals surface area (Å²) < 4.78 is 10.6. The second-order valence-electron chi connectivity index (χ2n) is 5.87. The third-order valence-electron chi connectivity index (χ3n) is 4.19. The molecule has 0 saturated heterocycles. The first-order valence-electron chi connectivity index (χ1n) is 8.12. The van der Waals surface area contributed by atoms with E-state index in [1.165, 1.54) is 5.56 Å². The van der Waals surface area contributed by atoms with Crippen LogP contribution in [-0.2, 0) is 11.2 Å². The van der Waals surface area contributed by atoms with E-state index >= 15 is 0 Å². The summed E-state index contributed by atoms with van der Waals surface area (Å²) in [6.45, 7) is 2.46. The number of amides is 1. The van der Waals surface area contributed by atoms with Crippen molar-refractivity contribution in [3.8, 4) is 17.1 Å². The van der Waals surface area contributed by atoms with Crippen LogP contribution in [0.2, 0.25) is 0 Å². The number of para-hydroxylation sites is 1. The molecule has 0 aliphatic carbocycles. The van der Waals surface area contributed by atoms with Crippen LogP contribution in [0.15, 0.2) is 53.1 Å². The number of aryl methyl sites for hydroxylation is 1. The normalized spacial score (nSPS) is 12.9. The third-order valence-corrected chi connectivity index (χ3v) is 4.19. The highest BCUT2D eigenvalue weighted by Gasteiger charge is 2.24. The van der Waals surface area contributed by atoms with Gasteiger partial charge in [-0.15, -0.1) is 0 Å². The van der Waals surface area contributed by atoms with Gasteiger partial charge in [-0.1, -0.05) is 23.4 Å². The predicted octanol–water partition coefficient (Wildman–Crippen LogP) is 3.01. The lowest BCUT2D eigenvalue weighted by Crippen LogP contribution is -2.33. The van der Waals surface area contributed by atoms with E-state index in [0.29, 0.717) is 24.0 Å². The van der Waals surface area contributed by atoms with Gasteiger partial charge in [0.2, 0.25) is 11.7 Å². The van der Waals surface area contributed by atoms with E-state index in [0.717, 1.165) is 17.7 Å². The Morgan fingerprint density at radius 3 is 2.76 bits per heavy atom. The first kappa shape index (κ1) is 15.4. The van der Waals surface area contributed by atoms with Gasteiger partial charge in [-0.05, 0) is 42.3 Å². The molecule has 1 aliphatic rings. The molecule has 0 saturated carbocycles. The topological polar surface area (TPSA) is 68.5 Å². The van der Waals surface area contributed by atoms with E-state index < -0.39 is 0 Å². The summed E-state index contributed by atoms with van der Waals surface area (Å²) in [5.41, 5.74) is 3.03. The Bertz CT molecular complexity index is 902. The van der Waals surface area contributed by atoms with Crippen LogP contribution in [0.25, 0.3) is 11.4 Å². The monoisotopic (exact) mass is 335 g/mol. The molecule has 25 heavy (non-hydrogen) atoms. The van der Waals surface area contributed by atoms with Crippen molar-refractivity contribution in [3.05, 3.63) is 60.0 Å². The van der Waals surface area contributed by atoms with Gasteiger partial charge >= 0.3 is 0 Å². The number of hydrogen-bond acceptors (Lipinski definition) is 5. The summed E-state index contributed by atoms with van der Waals surface area (Å²) in [6.07, 6.45) is 0.890. The lowest BCUT2D eigenvalue weighted by Gasteiger charge is -2.17. The van der Waals surface area contributed by atoms with Crippen molar-refractivity contribution in [2.75, 3.05) is 18.1 Å². The number of benzene rings is 2. The second-order valence-corrected chi connectivity index (χ2v) is 5.87. The van der Waals surface area contributed by atoms with E-state index in [1.807, 2.05) is 30.3 Å². The van der Waals surface area contributed by atoms with Crippen molar-refractivity contribution in [1.82, 2.24) is 10.1 Å². The fourth-order valence-electron chi connectivity index (χ4n) is 2.94. The second kappa shape index (κ2) is 6.39. The standard InChI is InChI=1S/C19H17N3O3/c1-13-20-19(21-25-13)15-6-8-16(9-7-15)24-12-18(23)22-11-10-14-4-2-3-5-17(14)22/h2-9H,10-12H2,1H3. The van der Waals surface area contributed by atoms with Gasteiger partial charge in [-0.25, -0.2) is 0 Å². The molecule has 1 aromatic heterocycles. The maximum absolute atomic E-state index is 12.4. The maximum Gasteiger partial charge on any atom is 0.264 e. The fraction of sp³-hybridized carbons (Fsp3) is 0.211. The highest BCUT2D eigenvalue weighted by Crippen LogP contribution is 2.27.